The summed E-state index contributed by atoms with van der Waals surface area (Å²) < 4.78 is 5.72. The zero-order valence-corrected chi connectivity index (χ0v) is 22.3. The van der Waals surface area contributed by atoms with E-state index in [1.165, 1.54) is 17.8 Å². The quantitative estimate of drug-likeness (QED) is 0.487. The lowest BCUT2D eigenvalue weighted by Gasteiger charge is -2.46. The first kappa shape index (κ1) is 25.6. The molecule has 4 aliphatic rings. The van der Waals surface area contributed by atoms with Crippen molar-refractivity contribution >= 4 is 35.3 Å². The van der Waals surface area contributed by atoms with Crippen LogP contribution in [0.1, 0.15) is 38.7 Å². The van der Waals surface area contributed by atoms with Gasteiger partial charge >= 0.3 is 6.03 Å². The van der Waals surface area contributed by atoms with E-state index in [0.717, 1.165) is 37.1 Å². The summed E-state index contributed by atoms with van der Waals surface area (Å²) in [5.74, 6) is 0.161. The first-order valence-electron chi connectivity index (χ1n) is 12.9. The Hall–Kier alpha value is -3.05. The summed E-state index contributed by atoms with van der Waals surface area (Å²) in [6, 6.07) is 1.37. The summed E-state index contributed by atoms with van der Waals surface area (Å²) in [5, 5.41) is 9.66. The molecule has 5 rings (SSSR count). The maximum atomic E-state index is 13.5. The number of thioether (sulfide) groups is 1. The number of aromatic nitrogens is 1. The lowest BCUT2D eigenvalue weighted by Crippen LogP contribution is -2.62. The van der Waals surface area contributed by atoms with Crippen LogP contribution in [0.25, 0.3) is 0 Å². The maximum Gasteiger partial charge on any atom is 0.326 e. The van der Waals surface area contributed by atoms with E-state index in [1.54, 1.807) is 16.0 Å². The second kappa shape index (κ2) is 10.4. The Bertz CT molecular complexity index is 1150. The van der Waals surface area contributed by atoms with E-state index in [2.05, 4.69) is 27.5 Å². The first-order valence-corrected chi connectivity index (χ1v) is 13.7. The summed E-state index contributed by atoms with van der Waals surface area (Å²) in [6.07, 6.45) is 5.40. The predicted octanol–water partition coefficient (Wildman–Crippen LogP) is 2.26. The molecule has 0 aliphatic carbocycles. The van der Waals surface area contributed by atoms with Crippen molar-refractivity contribution in [2.24, 2.45) is 5.92 Å². The van der Waals surface area contributed by atoms with Crippen LogP contribution in [0.2, 0.25) is 0 Å². The van der Waals surface area contributed by atoms with Gasteiger partial charge in [-0.25, -0.2) is 9.78 Å². The van der Waals surface area contributed by atoms with Crippen molar-refractivity contribution < 1.29 is 19.1 Å². The average Bonchev–Trinajstić information content (AvgIpc) is 3.24. The number of likely N-dealkylation sites (tertiary alicyclic amines) is 1. The van der Waals surface area contributed by atoms with Crippen molar-refractivity contribution in [3.8, 4) is 5.88 Å². The van der Waals surface area contributed by atoms with Crippen molar-refractivity contribution in [1.29, 1.82) is 0 Å². The van der Waals surface area contributed by atoms with Crippen LogP contribution in [0.4, 0.5) is 10.5 Å². The molecule has 10 nitrogen and oxygen atoms in total. The number of aryl methyl sites for hydroxylation is 1. The molecule has 4 atom stereocenters. The van der Waals surface area contributed by atoms with Gasteiger partial charge in [0.2, 0.25) is 11.8 Å². The molecule has 4 amide bonds. The fourth-order valence-electron chi connectivity index (χ4n) is 5.66. The standard InChI is InChI=1S/C26H34N6O4S/c1-5-20(33)31-10-6-7-16(13-31)29-24(34)23-22-21-17(8-9-27-25(21)37-23)32(26(35)30-22)18-12-28-19(11-15(18)4)36-14(2)3/h5,11-12,14,16-17,21,25,27H,1,6-10,13H2,2-4H3,(H,29,34)(H,30,35)/t16-,17?,21?,25?/m1/s1. The summed E-state index contributed by atoms with van der Waals surface area (Å²) in [7, 11) is 0. The van der Waals surface area contributed by atoms with Gasteiger partial charge in [0.25, 0.3) is 5.91 Å². The monoisotopic (exact) mass is 526 g/mol. The lowest BCUT2D eigenvalue weighted by atomic mass is 9.86. The zero-order valence-electron chi connectivity index (χ0n) is 21.5. The molecule has 3 N–H and O–H groups in total. The molecule has 4 aliphatic heterocycles. The molecule has 0 spiro atoms. The van der Waals surface area contributed by atoms with Crippen LogP contribution in [0, 0.1) is 12.8 Å². The van der Waals surface area contributed by atoms with Crippen molar-refractivity contribution in [3.63, 3.8) is 0 Å². The number of carbonyl (C=O) groups is 3. The fourth-order valence-corrected chi connectivity index (χ4v) is 7.06. The van der Waals surface area contributed by atoms with Gasteiger partial charge in [0.15, 0.2) is 0 Å². The molecule has 0 bridgehead atoms. The highest BCUT2D eigenvalue weighted by atomic mass is 32.2. The van der Waals surface area contributed by atoms with Gasteiger partial charge in [0.1, 0.15) is 0 Å². The Morgan fingerprint density at radius 3 is 2.89 bits per heavy atom. The summed E-state index contributed by atoms with van der Waals surface area (Å²) in [4.78, 5) is 47.4. The third-order valence-electron chi connectivity index (χ3n) is 7.26. The molecule has 11 heteroatoms. The molecule has 198 valence electrons. The normalized spacial score (nSPS) is 27.1. The summed E-state index contributed by atoms with van der Waals surface area (Å²) in [5.41, 5.74) is 2.34. The van der Waals surface area contributed by atoms with Gasteiger partial charge in [-0.3, -0.25) is 14.5 Å². The fraction of sp³-hybridized carbons (Fsp3) is 0.538. The first-order chi connectivity index (χ1) is 17.8. The number of nitrogens with one attached hydrogen (secondary N) is 3. The van der Waals surface area contributed by atoms with E-state index in [4.69, 9.17) is 4.74 Å². The van der Waals surface area contributed by atoms with Gasteiger partial charge in [-0.15, -0.1) is 0 Å². The van der Waals surface area contributed by atoms with E-state index in [9.17, 15) is 14.4 Å². The van der Waals surface area contributed by atoms with Crippen LogP contribution < -0.4 is 25.6 Å². The van der Waals surface area contributed by atoms with Gasteiger partial charge in [0.05, 0.1) is 34.3 Å². The molecular weight excluding hydrogens is 492 g/mol. The molecule has 3 unspecified atom stereocenters. The largest absolute Gasteiger partial charge is 0.475 e. The highest BCUT2D eigenvalue weighted by molar-refractivity contribution is 8.04. The van der Waals surface area contributed by atoms with Crippen molar-refractivity contribution in [2.75, 3.05) is 24.5 Å². The second-order valence-corrected chi connectivity index (χ2v) is 11.3. The highest BCUT2D eigenvalue weighted by Gasteiger charge is 2.52. The number of hydrogen-bond donors (Lipinski definition) is 3. The molecule has 37 heavy (non-hydrogen) atoms. The minimum absolute atomic E-state index is 0.00754. The van der Waals surface area contributed by atoms with Crippen LogP contribution in [-0.2, 0) is 9.59 Å². The molecule has 1 aromatic rings. The Morgan fingerprint density at radius 1 is 1.35 bits per heavy atom. The van der Waals surface area contributed by atoms with Gasteiger partial charge < -0.3 is 25.6 Å². The Kier molecular flexibility index (Phi) is 7.17. The third kappa shape index (κ3) is 4.94. The van der Waals surface area contributed by atoms with Gasteiger partial charge in [0, 0.05) is 36.8 Å². The number of anilines is 1. The van der Waals surface area contributed by atoms with Gasteiger partial charge in [-0.1, -0.05) is 18.3 Å². The number of carbonyl (C=O) groups excluding carboxylic acids is 3. The molecule has 3 fully saturated rings. The zero-order chi connectivity index (χ0) is 26.3. The van der Waals surface area contributed by atoms with Crippen LogP contribution in [0.3, 0.4) is 0 Å². The third-order valence-corrected chi connectivity index (χ3v) is 8.62. The maximum absolute atomic E-state index is 13.5. The predicted molar refractivity (Wildman–Crippen MR) is 142 cm³/mol. The number of nitrogens with zero attached hydrogens (tertiary/aromatic N) is 3. The summed E-state index contributed by atoms with van der Waals surface area (Å²) >= 11 is 1.47. The van der Waals surface area contributed by atoms with Crippen LogP contribution in [-0.4, -0.2) is 70.9 Å². The molecular formula is C26H34N6O4S. The van der Waals surface area contributed by atoms with Crippen molar-refractivity contribution in [2.45, 2.75) is 63.6 Å². The van der Waals surface area contributed by atoms with Crippen LogP contribution >= 0.6 is 11.8 Å². The number of ether oxygens (including phenoxy) is 1. The smallest absolute Gasteiger partial charge is 0.326 e. The number of rotatable bonds is 6. The van der Waals surface area contributed by atoms with E-state index < -0.39 is 0 Å². The number of piperidine rings is 2. The number of pyridine rings is 1. The second-order valence-electron chi connectivity index (χ2n) is 10.2. The SMILES string of the molecule is C=CC(=O)N1CCC[C@@H](NC(=O)C2=C3NC(=O)N(c4cnc(OC(C)C)cc4C)C4CCNC(S2)C34)C1. The molecule has 0 aromatic carbocycles. The van der Waals surface area contributed by atoms with E-state index >= 15 is 0 Å². The lowest BCUT2D eigenvalue weighted by molar-refractivity contribution is -0.128. The average molecular weight is 527 g/mol. The Labute approximate surface area is 221 Å². The van der Waals surface area contributed by atoms with E-state index in [-0.39, 0.29) is 47.3 Å². The van der Waals surface area contributed by atoms with Crippen LogP contribution in [0.15, 0.2) is 35.5 Å². The minimum Gasteiger partial charge on any atom is -0.475 e. The molecule has 1 aromatic heterocycles. The van der Waals surface area contributed by atoms with E-state index in [1.807, 2.05) is 26.8 Å². The topological polar surface area (TPSA) is 116 Å². The number of hydrogen-bond acceptors (Lipinski definition) is 7. The van der Waals surface area contributed by atoms with Gasteiger partial charge in [-0.2, -0.15) is 0 Å². The van der Waals surface area contributed by atoms with Crippen molar-refractivity contribution in [1.82, 2.24) is 25.8 Å². The highest BCUT2D eigenvalue weighted by Crippen LogP contribution is 2.48. The van der Waals surface area contributed by atoms with Gasteiger partial charge in [-0.05, 0) is 58.2 Å². The van der Waals surface area contributed by atoms with E-state index in [0.29, 0.717) is 29.6 Å². The van der Waals surface area contributed by atoms with Crippen LogP contribution in [0.5, 0.6) is 5.88 Å². The summed E-state index contributed by atoms with van der Waals surface area (Å²) in [6.45, 7) is 11.3. The number of urea groups is 1. The molecule has 0 saturated carbocycles. The Balaban J connectivity index is 1.37. The van der Waals surface area contributed by atoms with Crippen molar-refractivity contribution in [3.05, 3.63) is 41.1 Å². The molecule has 5 heterocycles. The Morgan fingerprint density at radius 2 is 2.16 bits per heavy atom. The minimum atomic E-state index is -0.257. The molecule has 0 radical (unpaired) electrons. The molecule has 3 saturated heterocycles. The number of amides is 4.